The molecule has 1 atom stereocenters. The standard InChI is InChI=1S/C15H24N6O/c1-10-4-6-11(7-5-10)15(22)21-9-19-12-13(20(3)16-2)17-8-18-14(12)21/h8-11,15-16,22H,4-7H2,1-3H3/t10-,11+,15?. The number of nitrogens with one attached hydrogen (secondary N) is 1. The second kappa shape index (κ2) is 6.18. The van der Waals surface area contributed by atoms with Crippen LogP contribution < -0.4 is 10.4 Å². The maximum Gasteiger partial charge on any atom is 0.174 e. The van der Waals surface area contributed by atoms with Gasteiger partial charge < -0.3 is 5.11 Å². The summed E-state index contributed by atoms with van der Waals surface area (Å²) in [5.74, 6) is 1.74. The van der Waals surface area contributed by atoms with Gasteiger partial charge in [0.25, 0.3) is 0 Å². The van der Waals surface area contributed by atoms with Gasteiger partial charge in [-0.15, -0.1) is 0 Å². The van der Waals surface area contributed by atoms with Crippen molar-refractivity contribution in [3.63, 3.8) is 0 Å². The van der Waals surface area contributed by atoms with Gasteiger partial charge in [-0.25, -0.2) is 20.4 Å². The Hall–Kier alpha value is -1.73. The minimum atomic E-state index is -0.569. The third-order valence-corrected chi connectivity index (χ3v) is 4.76. The van der Waals surface area contributed by atoms with E-state index < -0.39 is 6.23 Å². The molecule has 1 aliphatic rings. The number of aliphatic hydroxyl groups excluding tert-OH is 1. The Bertz CT molecular complexity index is 634. The first kappa shape index (κ1) is 15.2. The number of aromatic nitrogens is 4. The molecule has 0 aromatic carbocycles. The molecule has 2 aromatic heterocycles. The van der Waals surface area contributed by atoms with Crippen molar-refractivity contribution in [2.45, 2.75) is 38.8 Å². The van der Waals surface area contributed by atoms with Crippen LogP contribution in [0.2, 0.25) is 0 Å². The predicted octanol–water partition coefficient (Wildman–Crippen LogP) is 1.71. The molecule has 0 saturated heterocycles. The average Bonchev–Trinajstić information content (AvgIpc) is 2.98. The van der Waals surface area contributed by atoms with E-state index in [-0.39, 0.29) is 5.92 Å². The molecule has 120 valence electrons. The fourth-order valence-corrected chi connectivity index (χ4v) is 3.20. The molecule has 0 amide bonds. The Kier molecular flexibility index (Phi) is 4.26. The third-order valence-electron chi connectivity index (χ3n) is 4.76. The van der Waals surface area contributed by atoms with Crippen molar-refractivity contribution in [3.8, 4) is 0 Å². The number of hydrogen-bond donors (Lipinski definition) is 2. The molecular formula is C15H24N6O. The molecular weight excluding hydrogens is 280 g/mol. The first-order valence-electron chi connectivity index (χ1n) is 7.88. The quantitative estimate of drug-likeness (QED) is 0.837. The van der Waals surface area contributed by atoms with Crippen LogP contribution in [0.3, 0.4) is 0 Å². The van der Waals surface area contributed by atoms with E-state index in [1.54, 1.807) is 15.9 Å². The Morgan fingerprint density at radius 2 is 2.00 bits per heavy atom. The largest absolute Gasteiger partial charge is 0.373 e. The van der Waals surface area contributed by atoms with Crippen molar-refractivity contribution in [2.24, 2.45) is 11.8 Å². The summed E-state index contributed by atoms with van der Waals surface area (Å²) in [6.45, 7) is 2.28. The molecule has 1 saturated carbocycles. The van der Waals surface area contributed by atoms with Crippen molar-refractivity contribution in [2.75, 3.05) is 19.1 Å². The molecule has 0 bridgehead atoms. The molecule has 7 nitrogen and oxygen atoms in total. The highest BCUT2D eigenvalue weighted by atomic mass is 16.3. The van der Waals surface area contributed by atoms with Gasteiger partial charge in [0.1, 0.15) is 12.6 Å². The summed E-state index contributed by atoms with van der Waals surface area (Å²) < 4.78 is 1.78. The van der Waals surface area contributed by atoms with E-state index in [1.165, 1.54) is 19.2 Å². The third kappa shape index (κ3) is 2.66. The molecule has 2 heterocycles. The van der Waals surface area contributed by atoms with Crippen LogP contribution in [0.5, 0.6) is 0 Å². The number of rotatable bonds is 4. The number of hydrazine groups is 1. The summed E-state index contributed by atoms with van der Waals surface area (Å²) in [7, 11) is 3.70. The SMILES string of the molecule is CNN(C)c1ncnc2c1ncn2C(O)[C@H]1CC[C@@H](C)CC1. The lowest BCUT2D eigenvalue weighted by Crippen LogP contribution is -2.31. The summed E-state index contributed by atoms with van der Waals surface area (Å²) in [5, 5.41) is 12.5. The van der Waals surface area contributed by atoms with Crippen LogP contribution in [-0.4, -0.2) is 38.7 Å². The molecule has 0 radical (unpaired) electrons. The van der Waals surface area contributed by atoms with Crippen LogP contribution in [0, 0.1) is 11.8 Å². The first-order valence-corrected chi connectivity index (χ1v) is 7.88. The van der Waals surface area contributed by atoms with E-state index >= 15 is 0 Å². The number of hydrogen-bond acceptors (Lipinski definition) is 6. The lowest BCUT2D eigenvalue weighted by atomic mass is 9.82. The zero-order chi connectivity index (χ0) is 15.7. The number of aliphatic hydroxyl groups is 1. The summed E-state index contributed by atoms with van der Waals surface area (Å²) in [4.78, 5) is 13.0. The van der Waals surface area contributed by atoms with Crippen molar-refractivity contribution in [1.82, 2.24) is 24.9 Å². The number of anilines is 1. The van der Waals surface area contributed by atoms with Gasteiger partial charge >= 0.3 is 0 Å². The van der Waals surface area contributed by atoms with E-state index in [0.29, 0.717) is 17.0 Å². The van der Waals surface area contributed by atoms with E-state index in [1.807, 2.05) is 14.1 Å². The maximum absolute atomic E-state index is 10.7. The van der Waals surface area contributed by atoms with Crippen molar-refractivity contribution < 1.29 is 5.11 Å². The lowest BCUT2D eigenvalue weighted by Gasteiger charge is -2.30. The number of nitrogens with zero attached hydrogens (tertiary/aromatic N) is 5. The van der Waals surface area contributed by atoms with E-state index in [2.05, 4.69) is 27.3 Å². The molecule has 0 aliphatic heterocycles. The summed E-state index contributed by atoms with van der Waals surface area (Å²) in [6, 6.07) is 0. The van der Waals surface area contributed by atoms with Crippen LogP contribution in [0.4, 0.5) is 5.82 Å². The Morgan fingerprint density at radius 3 is 2.68 bits per heavy atom. The van der Waals surface area contributed by atoms with Gasteiger partial charge in [0.15, 0.2) is 17.0 Å². The molecule has 2 N–H and O–H groups in total. The van der Waals surface area contributed by atoms with Crippen LogP contribution in [-0.2, 0) is 0 Å². The van der Waals surface area contributed by atoms with Gasteiger partial charge in [-0.2, -0.15) is 0 Å². The van der Waals surface area contributed by atoms with E-state index in [9.17, 15) is 5.11 Å². The highest BCUT2D eigenvalue weighted by molar-refractivity contribution is 5.82. The van der Waals surface area contributed by atoms with Crippen LogP contribution in [0.1, 0.15) is 38.8 Å². The normalized spacial score (nSPS) is 23.6. The fourth-order valence-electron chi connectivity index (χ4n) is 3.20. The van der Waals surface area contributed by atoms with E-state index in [0.717, 1.165) is 18.8 Å². The fraction of sp³-hybridized carbons (Fsp3) is 0.667. The molecule has 22 heavy (non-hydrogen) atoms. The van der Waals surface area contributed by atoms with Gasteiger partial charge in [-0.05, 0) is 18.8 Å². The highest BCUT2D eigenvalue weighted by Gasteiger charge is 2.27. The molecule has 1 unspecified atom stereocenters. The molecule has 7 heteroatoms. The summed E-state index contributed by atoms with van der Waals surface area (Å²) in [5.41, 5.74) is 4.39. The lowest BCUT2D eigenvalue weighted by molar-refractivity contribution is 0.0201. The van der Waals surface area contributed by atoms with Gasteiger partial charge in [-0.3, -0.25) is 9.58 Å². The Balaban J connectivity index is 1.91. The minimum absolute atomic E-state index is 0.272. The number of imidazole rings is 1. The smallest absolute Gasteiger partial charge is 0.174 e. The second-order valence-corrected chi connectivity index (χ2v) is 6.24. The zero-order valence-corrected chi connectivity index (χ0v) is 13.4. The highest BCUT2D eigenvalue weighted by Crippen LogP contribution is 2.35. The van der Waals surface area contributed by atoms with Gasteiger partial charge in [0.2, 0.25) is 0 Å². The van der Waals surface area contributed by atoms with Crippen LogP contribution >= 0.6 is 0 Å². The summed E-state index contributed by atoms with van der Waals surface area (Å²) in [6.07, 6.45) is 7.08. The summed E-state index contributed by atoms with van der Waals surface area (Å²) >= 11 is 0. The molecule has 1 aliphatic carbocycles. The second-order valence-electron chi connectivity index (χ2n) is 6.24. The van der Waals surface area contributed by atoms with Crippen LogP contribution in [0.15, 0.2) is 12.7 Å². The predicted molar refractivity (Wildman–Crippen MR) is 85.2 cm³/mol. The van der Waals surface area contributed by atoms with Crippen LogP contribution in [0.25, 0.3) is 11.2 Å². The van der Waals surface area contributed by atoms with Gasteiger partial charge in [0, 0.05) is 20.0 Å². The van der Waals surface area contributed by atoms with Gasteiger partial charge in [0.05, 0.1) is 6.33 Å². The molecule has 1 fully saturated rings. The Morgan fingerprint density at radius 1 is 1.27 bits per heavy atom. The number of fused-ring (bicyclic) bond motifs is 1. The molecule has 0 spiro atoms. The topological polar surface area (TPSA) is 79.1 Å². The first-order chi connectivity index (χ1) is 10.6. The maximum atomic E-state index is 10.7. The molecule has 3 rings (SSSR count). The van der Waals surface area contributed by atoms with Crippen molar-refractivity contribution in [1.29, 1.82) is 0 Å². The zero-order valence-electron chi connectivity index (χ0n) is 13.4. The Labute approximate surface area is 130 Å². The minimum Gasteiger partial charge on any atom is -0.373 e. The average molecular weight is 304 g/mol. The van der Waals surface area contributed by atoms with Gasteiger partial charge in [-0.1, -0.05) is 19.8 Å². The van der Waals surface area contributed by atoms with Crippen molar-refractivity contribution >= 4 is 17.0 Å². The monoisotopic (exact) mass is 304 g/mol. The van der Waals surface area contributed by atoms with E-state index in [4.69, 9.17) is 0 Å². The van der Waals surface area contributed by atoms with Crippen molar-refractivity contribution in [3.05, 3.63) is 12.7 Å². The molecule has 2 aromatic rings.